The van der Waals surface area contributed by atoms with Crippen LogP contribution >= 0.6 is 11.6 Å². The molecule has 0 heterocycles. The second kappa shape index (κ2) is 7.79. The molecule has 0 aliphatic carbocycles. The molecular formula is C16H14ClN3O6. The lowest BCUT2D eigenvalue weighted by Gasteiger charge is -2.12. The molecule has 2 aromatic carbocycles. The van der Waals surface area contributed by atoms with Crippen LogP contribution in [0, 0.1) is 34.1 Å². The molecule has 2 rings (SSSR count). The number of halogens is 1. The molecule has 0 aliphatic heterocycles. The molecule has 0 fully saturated rings. The van der Waals surface area contributed by atoms with Crippen LogP contribution in [-0.2, 0) is 4.79 Å². The lowest BCUT2D eigenvalue weighted by Crippen LogP contribution is -2.21. The van der Waals surface area contributed by atoms with Crippen molar-refractivity contribution in [2.75, 3.05) is 11.9 Å². The van der Waals surface area contributed by atoms with Gasteiger partial charge in [-0.05, 0) is 37.1 Å². The van der Waals surface area contributed by atoms with Crippen LogP contribution in [0.5, 0.6) is 5.75 Å². The maximum absolute atomic E-state index is 12.1. The second-order valence-corrected chi connectivity index (χ2v) is 5.80. The number of hydrogen-bond donors (Lipinski definition) is 1. The number of nitro benzene ring substituents is 2. The molecule has 1 N–H and O–H groups in total. The normalized spacial score (nSPS) is 10.3. The number of nitro groups is 2. The summed E-state index contributed by atoms with van der Waals surface area (Å²) in [5.74, 6) is -0.823. The lowest BCUT2D eigenvalue weighted by molar-refractivity contribution is -0.385. The van der Waals surface area contributed by atoms with Crippen molar-refractivity contribution < 1.29 is 19.4 Å². The first kappa shape index (κ1) is 19.1. The van der Waals surface area contributed by atoms with Crippen LogP contribution in [0.4, 0.5) is 17.1 Å². The zero-order valence-electron chi connectivity index (χ0n) is 13.8. The predicted molar refractivity (Wildman–Crippen MR) is 94.8 cm³/mol. The summed E-state index contributed by atoms with van der Waals surface area (Å²) in [6, 6.07) is 6.63. The number of aryl methyl sites for hydroxylation is 1. The van der Waals surface area contributed by atoms with Crippen LogP contribution in [0.25, 0.3) is 0 Å². The Morgan fingerprint density at radius 2 is 1.77 bits per heavy atom. The van der Waals surface area contributed by atoms with Crippen LogP contribution in [0.15, 0.2) is 30.3 Å². The van der Waals surface area contributed by atoms with E-state index in [1.807, 2.05) is 0 Å². The number of nitrogens with one attached hydrogen (secondary N) is 1. The highest BCUT2D eigenvalue weighted by Crippen LogP contribution is 2.31. The first-order valence-electron chi connectivity index (χ1n) is 7.32. The van der Waals surface area contributed by atoms with E-state index in [4.69, 9.17) is 16.3 Å². The van der Waals surface area contributed by atoms with Crippen LogP contribution in [0.3, 0.4) is 0 Å². The second-order valence-electron chi connectivity index (χ2n) is 5.36. The van der Waals surface area contributed by atoms with Crippen molar-refractivity contribution in [3.05, 3.63) is 66.7 Å². The zero-order chi connectivity index (χ0) is 19.4. The molecule has 0 saturated carbocycles. The van der Waals surface area contributed by atoms with E-state index < -0.39 is 22.4 Å². The smallest absolute Gasteiger partial charge is 0.312 e. The third kappa shape index (κ3) is 4.25. The van der Waals surface area contributed by atoms with Gasteiger partial charge in [0.15, 0.2) is 12.4 Å². The topological polar surface area (TPSA) is 125 Å². The van der Waals surface area contributed by atoms with Crippen molar-refractivity contribution in [1.82, 2.24) is 0 Å². The Balaban J connectivity index is 2.18. The highest BCUT2D eigenvalue weighted by molar-refractivity contribution is 6.30. The van der Waals surface area contributed by atoms with E-state index in [-0.39, 0.29) is 27.8 Å². The molecule has 0 spiro atoms. The van der Waals surface area contributed by atoms with Crippen molar-refractivity contribution in [2.45, 2.75) is 13.8 Å². The van der Waals surface area contributed by atoms with Gasteiger partial charge >= 0.3 is 5.69 Å². The number of hydrogen-bond acceptors (Lipinski definition) is 6. The number of ether oxygens (including phenoxy) is 1. The number of nitrogens with zero attached hydrogens (tertiary/aromatic N) is 2. The highest BCUT2D eigenvalue weighted by atomic mass is 35.5. The molecule has 0 unspecified atom stereocenters. The van der Waals surface area contributed by atoms with Gasteiger partial charge in [-0.15, -0.1) is 0 Å². The number of carbonyl (C=O) groups is 1. The summed E-state index contributed by atoms with van der Waals surface area (Å²) in [7, 11) is 0. The molecule has 0 bridgehead atoms. The Bertz CT molecular complexity index is 900. The Kier molecular flexibility index (Phi) is 5.73. The zero-order valence-corrected chi connectivity index (χ0v) is 14.6. The molecule has 2 aromatic rings. The third-order valence-electron chi connectivity index (χ3n) is 3.65. The van der Waals surface area contributed by atoms with Crippen molar-refractivity contribution in [3.8, 4) is 5.75 Å². The quantitative estimate of drug-likeness (QED) is 0.601. The van der Waals surface area contributed by atoms with Crippen LogP contribution < -0.4 is 10.1 Å². The van der Waals surface area contributed by atoms with E-state index in [9.17, 15) is 25.0 Å². The van der Waals surface area contributed by atoms with E-state index in [2.05, 4.69) is 5.32 Å². The summed E-state index contributed by atoms with van der Waals surface area (Å²) in [6.07, 6.45) is 0. The summed E-state index contributed by atoms with van der Waals surface area (Å²) in [5.41, 5.74) is 0.737. The van der Waals surface area contributed by atoms with Gasteiger partial charge in [-0.3, -0.25) is 25.0 Å². The predicted octanol–water partition coefficient (Wildman–Crippen LogP) is 3.79. The molecule has 0 aromatic heterocycles. The average Bonchev–Trinajstić information content (AvgIpc) is 2.57. The Hall–Kier alpha value is -3.20. The number of amides is 1. The first-order chi connectivity index (χ1) is 12.2. The molecular weight excluding hydrogens is 366 g/mol. The lowest BCUT2D eigenvalue weighted by atomic mass is 10.1. The van der Waals surface area contributed by atoms with Crippen molar-refractivity contribution in [1.29, 1.82) is 0 Å². The SMILES string of the molecule is Cc1ccc([N+](=O)[O-])c(NC(=O)COc2ccc(Cl)cc2[N+](=O)[O-])c1C. The Labute approximate surface area is 152 Å². The molecule has 9 nitrogen and oxygen atoms in total. The number of anilines is 1. The van der Waals surface area contributed by atoms with Crippen molar-refractivity contribution in [3.63, 3.8) is 0 Å². The number of carbonyl (C=O) groups excluding carboxylic acids is 1. The summed E-state index contributed by atoms with van der Waals surface area (Å²) < 4.78 is 5.18. The molecule has 0 radical (unpaired) electrons. The van der Waals surface area contributed by atoms with E-state index in [1.54, 1.807) is 19.9 Å². The van der Waals surface area contributed by atoms with Gasteiger partial charge in [0.05, 0.1) is 9.85 Å². The Morgan fingerprint density at radius 3 is 2.38 bits per heavy atom. The largest absolute Gasteiger partial charge is 0.477 e. The third-order valence-corrected chi connectivity index (χ3v) is 3.89. The van der Waals surface area contributed by atoms with Crippen LogP contribution in [-0.4, -0.2) is 22.4 Å². The molecule has 26 heavy (non-hydrogen) atoms. The molecule has 0 saturated heterocycles. The van der Waals surface area contributed by atoms with Gasteiger partial charge < -0.3 is 10.1 Å². The van der Waals surface area contributed by atoms with Gasteiger partial charge in [-0.25, -0.2) is 0 Å². The van der Waals surface area contributed by atoms with Crippen LogP contribution in [0.2, 0.25) is 5.02 Å². The van der Waals surface area contributed by atoms with Crippen LogP contribution in [0.1, 0.15) is 11.1 Å². The molecule has 1 amide bonds. The summed E-state index contributed by atoms with van der Waals surface area (Å²) >= 11 is 5.71. The summed E-state index contributed by atoms with van der Waals surface area (Å²) in [4.78, 5) is 33.0. The van der Waals surface area contributed by atoms with E-state index in [0.717, 1.165) is 11.6 Å². The minimum Gasteiger partial charge on any atom is -0.477 e. The van der Waals surface area contributed by atoms with E-state index >= 15 is 0 Å². The summed E-state index contributed by atoms with van der Waals surface area (Å²) in [5, 5.41) is 24.7. The fourth-order valence-corrected chi connectivity index (χ4v) is 2.35. The van der Waals surface area contributed by atoms with Gasteiger partial charge in [0.1, 0.15) is 5.69 Å². The van der Waals surface area contributed by atoms with Gasteiger partial charge in [-0.1, -0.05) is 17.7 Å². The first-order valence-corrected chi connectivity index (χ1v) is 7.69. The van der Waals surface area contributed by atoms with E-state index in [1.165, 1.54) is 18.2 Å². The van der Waals surface area contributed by atoms with Gasteiger partial charge in [0, 0.05) is 17.2 Å². The maximum Gasteiger partial charge on any atom is 0.312 e. The van der Waals surface area contributed by atoms with E-state index in [0.29, 0.717) is 5.56 Å². The van der Waals surface area contributed by atoms with Crippen molar-refractivity contribution >= 4 is 34.6 Å². The highest BCUT2D eigenvalue weighted by Gasteiger charge is 2.21. The molecule has 136 valence electrons. The fourth-order valence-electron chi connectivity index (χ4n) is 2.19. The Morgan fingerprint density at radius 1 is 1.12 bits per heavy atom. The van der Waals surface area contributed by atoms with Gasteiger partial charge in [-0.2, -0.15) is 0 Å². The average molecular weight is 380 g/mol. The minimum absolute atomic E-state index is 0.0641. The fraction of sp³-hybridized carbons (Fsp3) is 0.188. The summed E-state index contributed by atoms with van der Waals surface area (Å²) in [6.45, 7) is 2.83. The monoisotopic (exact) mass is 379 g/mol. The molecule has 10 heteroatoms. The van der Waals surface area contributed by atoms with Gasteiger partial charge in [0.2, 0.25) is 0 Å². The van der Waals surface area contributed by atoms with Gasteiger partial charge in [0.25, 0.3) is 11.6 Å². The minimum atomic E-state index is -0.689. The number of benzene rings is 2. The van der Waals surface area contributed by atoms with Crippen molar-refractivity contribution in [2.24, 2.45) is 0 Å². The molecule has 0 aliphatic rings. The number of rotatable bonds is 6. The standard InChI is InChI=1S/C16H14ClN3O6/c1-9-3-5-12(19(22)23)16(10(9)2)18-15(21)8-26-14-6-4-11(17)7-13(14)20(24)25/h3-7H,8H2,1-2H3,(H,18,21). The maximum atomic E-state index is 12.1. The molecule has 0 atom stereocenters.